The minimum absolute atomic E-state index is 0.0274. The topological polar surface area (TPSA) is 66.4 Å². The third-order valence-electron chi connectivity index (χ3n) is 4.33. The molecule has 1 aromatic carbocycles. The van der Waals surface area contributed by atoms with Gasteiger partial charge < -0.3 is 9.80 Å². The Morgan fingerprint density at radius 1 is 1.12 bits per heavy atom. The van der Waals surface area contributed by atoms with Gasteiger partial charge in [0.2, 0.25) is 5.91 Å². The van der Waals surface area contributed by atoms with E-state index in [0.717, 1.165) is 5.69 Å². The molecule has 1 aliphatic heterocycles. The lowest BCUT2D eigenvalue weighted by Gasteiger charge is -2.38. The Bertz CT molecular complexity index is 718. The van der Waals surface area contributed by atoms with Crippen LogP contribution < -0.4 is 4.90 Å². The van der Waals surface area contributed by atoms with Crippen LogP contribution >= 0.6 is 11.6 Å². The van der Waals surface area contributed by atoms with Gasteiger partial charge in [-0.25, -0.2) is 0 Å². The number of amides is 2. The van der Waals surface area contributed by atoms with E-state index < -0.39 is 0 Å². The lowest BCUT2D eigenvalue weighted by Crippen LogP contribution is -2.49. The van der Waals surface area contributed by atoms with Crippen molar-refractivity contribution < 1.29 is 9.59 Å². The number of nitrogens with zero attached hydrogens (tertiary/aromatic N) is 4. The maximum atomic E-state index is 12.5. The quantitative estimate of drug-likeness (QED) is 0.787. The number of aromatic nitrogens is 2. The van der Waals surface area contributed by atoms with Crippen LogP contribution in [0.15, 0.2) is 48.7 Å². The predicted octanol–water partition coefficient (Wildman–Crippen LogP) is 2.35. The summed E-state index contributed by atoms with van der Waals surface area (Å²) in [6.07, 6.45) is 2.94. The summed E-state index contributed by atoms with van der Waals surface area (Å²) in [6, 6.07) is 12.9. The highest BCUT2D eigenvalue weighted by Crippen LogP contribution is 2.24. The minimum atomic E-state index is -0.124. The van der Waals surface area contributed by atoms with Crippen molar-refractivity contribution in [2.75, 3.05) is 23.9 Å². The van der Waals surface area contributed by atoms with Crippen molar-refractivity contribution in [3.63, 3.8) is 0 Å². The van der Waals surface area contributed by atoms with Gasteiger partial charge in [0.05, 0.1) is 0 Å². The number of hydrogen-bond donors (Lipinski definition) is 0. The molecule has 0 saturated carbocycles. The van der Waals surface area contributed by atoms with Crippen molar-refractivity contribution in [1.82, 2.24) is 15.1 Å². The third-order valence-corrected chi connectivity index (χ3v) is 4.55. The summed E-state index contributed by atoms with van der Waals surface area (Å²) in [4.78, 5) is 28.3. The molecule has 0 bridgehead atoms. The van der Waals surface area contributed by atoms with Crippen molar-refractivity contribution in [3.8, 4) is 0 Å². The number of likely N-dealkylation sites (tertiary alicyclic amines) is 1. The number of carbonyl (C=O) groups is 2. The van der Waals surface area contributed by atoms with E-state index in [9.17, 15) is 9.59 Å². The Hall–Kier alpha value is -2.47. The fourth-order valence-corrected chi connectivity index (χ4v) is 3.24. The van der Waals surface area contributed by atoms with Gasteiger partial charge in [-0.05, 0) is 37.1 Å². The minimum Gasteiger partial charge on any atom is -0.337 e. The van der Waals surface area contributed by atoms with Gasteiger partial charge in [-0.3, -0.25) is 9.59 Å². The number of benzene rings is 1. The zero-order chi connectivity index (χ0) is 17.6. The molecule has 1 saturated heterocycles. The summed E-state index contributed by atoms with van der Waals surface area (Å²) in [5, 5.41) is 7.63. The van der Waals surface area contributed by atoms with E-state index >= 15 is 0 Å². The molecule has 130 valence electrons. The Kier molecular flexibility index (Phi) is 5.60. The first-order valence-corrected chi connectivity index (χ1v) is 8.74. The summed E-state index contributed by atoms with van der Waals surface area (Å²) in [5.74, 6) is -0.304. The summed E-state index contributed by atoms with van der Waals surface area (Å²) in [5.41, 5.74) is 1.18. The molecule has 1 fully saturated rings. The zero-order valence-corrected chi connectivity index (χ0v) is 14.5. The third kappa shape index (κ3) is 3.96. The van der Waals surface area contributed by atoms with E-state index in [0.29, 0.717) is 31.6 Å². The number of alkyl halides is 1. The molecule has 0 spiro atoms. The largest absolute Gasteiger partial charge is 0.337 e. The van der Waals surface area contributed by atoms with Crippen LogP contribution in [-0.2, 0) is 4.79 Å². The van der Waals surface area contributed by atoms with E-state index in [1.165, 1.54) is 0 Å². The van der Waals surface area contributed by atoms with Gasteiger partial charge >= 0.3 is 0 Å². The highest BCUT2D eigenvalue weighted by Gasteiger charge is 2.30. The van der Waals surface area contributed by atoms with Crippen LogP contribution in [0.25, 0.3) is 0 Å². The Balaban J connectivity index is 1.69. The second-order valence-electron chi connectivity index (χ2n) is 5.87. The summed E-state index contributed by atoms with van der Waals surface area (Å²) < 4.78 is 0. The van der Waals surface area contributed by atoms with Gasteiger partial charge in [-0.1, -0.05) is 18.2 Å². The molecular formula is C18H19ClN4O2. The first-order valence-electron chi connectivity index (χ1n) is 8.20. The van der Waals surface area contributed by atoms with Gasteiger partial charge in [0, 0.05) is 31.0 Å². The van der Waals surface area contributed by atoms with Crippen molar-refractivity contribution in [1.29, 1.82) is 0 Å². The van der Waals surface area contributed by atoms with Crippen molar-refractivity contribution in [3.05, 3.63) is 54.4 Å². The molecule has 2 aromatic rings. The number of halogens is 1. The molecule has 6 nitrogen and oxygen atoms in total. The summed E-state index contributed by atoms with van der Waals surface area (Å²) in [7, 11) is 0. The van der Waals surface area contributed by atoms with Gasteiger partial charge in [-0.15, -0.1) is 16.7 Å². The second-order valence-corrected chi connectivity index (χ2v) is 6.13. The van der Waals surface area contributed by atoms with E-state index in [-0.39, 0.29) is 23.7 Å². The molecule has 2 heterocycles. The molecule has 25 heavy (non-hydrogen) atoms. The lowest BCUT2D eigenvalue weighted by atomic mass is 10.0. The number of para-hydroxylation sites is 1. The Morgan fingerprint density at radius 3 is 2.44 bits per heavy atom. The van der Waals surface area contributed by atoms with Crippen LogP contribution in [-0.4, -0.2) is 51.9 Å². The number of carbonyl (C=O) groups excluding carboxylic acids is 2. The van der Waals surface area contributed by atoms with E-state index in [2.05, 4.69) is 10.2 Å². The van der Waals surface area contributed by atoms with Gasteiger partial charge in [0.1, 0.15) is 5.88 Å². The van der Waals surface area contributed by atoms with Crippen molar-refractivity contribution in [2.45, 2.75) is 18.9 Å². The molecule has 0 N–H and O–H groups in total. The second kappa shape index (κ2) is 8.07. The molecule has 2 amide bonds. The van der Waals surface area contributed by atoms with Crippen LogP contribution in [0.3, 0.4) is 0 Å². The molecule has 7 heteroatoms. The molecular weight excluding hydrogens is 340 g/mol. The highest BCUT2D eigenvalue weighted by molar-refractivity contribution is 6.29. The van der Waals surface area contributed by atoms with Gasteiger partial charge in [0.25, 0.3) is 5.91 Å². The molecule has 1 aliphatic rings. The average molecular weight is 359 g/mol. The molecule has 0 atom stereocenters. The zero-order valence-electron chi connectivity index (χ0n) is 13.7. The van der Waals surface area contributed by atoms with E-state index in [1.807, 2.05) is 30.3 Å². The highest BCUT2D eigenvalue weighted by atomic mass is 35.5. The van der Waals surface area contributed by atoms with Gasteiger partial charge in [0.15, 0.2) is 5.69 Å². The maximum absolute atomic E-state index is 12.5. The molecule has 3 rings (SSSR count). The smallest absolute Gasteiger partial charge is 0.274 e. The number of rotatable bonds is 4. The first-order chi connectivity index (χ1) is 12.2. The molecule has 0 unspecified atom stereocenters. The Morgan fingerprint density at radius 2 is 1.84 bits per heavy atom. The fraction of sp³-hybridized carbons (Fsp3) is 0.333. The molecule has 0 aliphatic carbocycles. The first kappa shape index (κ1) is 17.4. The number of hydrogen-bond acceptors (Lipinski definition) is 4. The average Bonchev–Trinajstić information content (AvgIpc) is 2.69. The summed E-state index contributed by atoms with van der Waals surface area (Å²) >= 11 is 5.80. The standard InChI is InChI=1S/C18H19ClN4O2/c19-13-17(24)23(14-5-2-1-3-6-14)15-8-11-22(12-9-15)18(25)16-7-4-10-20-21-16/h1-7,10,15H,8-9,11-13H2. The van der Waals surface area contributed by atoms with Crippen molar-refractivity contribution >= 4 is 29.1 Å². The van der Waals surface area contributed by atoms with Crippen molar-refractivity contribution in [2.24, 2.45) is 0 Å². The fourth-order valence-electron chi connectivity index (χ4n) is 3.12. The predicted molar refractivity (Wildman–Crippen MR) is 95.6 cm³/mol. The van der Waals surface area contributed by atoms with E-state index in [1.54, 1.807) is 28.1 Å². The maximum Gasteiger partial charge on any atom is 0.274 e. The van der Waals surface area contributed by atoms with Gasteiger partial charge in [-0.2, -0.15) is 5.10 Å². The number of anilines is 1. The monoisotopic (exact) mass is 358 g/mol. The normalized spacial score (nSPS) is 15.0. The van der Waals surface area contributed by atoms with Crippen LogP contribution in [0.1, 0.15) is 23.3 Å². The summed E-state index contributed by atoms with van der Waals surface area (Å²) in [6.45, 7) is 1.14. The van der Waals surface area contributed by atoms with Crippen LogP contribution in [0.4, 0.5) is 5.69 Å². The number of piperidine rings is 1. The van der Waals surface area contributed by atoms with Crippen LogP contribution in [0, 0.1) is 0 Å². The molecule has 0 radical (unpaired) electrons. The molecule has 1 aromatic heterocycles. The van der Waals surface area contributed by atoms with E-state index in [4.69, 9.17) is 11.6 Å². The SMILES string of the molecule is O=C(c1cccnn1)N1CCC(N(C(=O)CCl)c2ccccc2)CC1. The van der Waals surface area contributed by atoms with Crippen LogP contribution in [0.5, 0.6) is 0 Å². The Labute approximate surface area is 151 Å². The van der Waals surface area contributed by atoms with Crippen LogP contribution in [0.2, 0.25) is 0 Å². The lowest BCUT2D eigenvalue weighted by molar-refractivity contribution is -0.116.